The number of rotatable bonds is 10. The number of unbranched alkanes of at least 4 members (excludes halogenated alkanes) is 6. The Kier molecular flexibility index (Phi) is 9.97. The third-order valence-corrected chi connectivity index (χ3v) is 2.70. The van der Waals surface area contributed by atoms with E-state index in [9.17, 15) is 4.79 Å². The predicted octanol–water partition coefficient (Wildman–Crippen LogP) is 4.74. The van der Waals surface area contributed by atoms with Crippen LogP contribution in [0, 0.1) is 5.92 Å². The van der Waals surface area contributed by atoms with E-state index in [2.05, 4.69) is 20.8 Å². The van der Waals surface area contributed by atoms with E-state index < -0.39 is 0 Å². The molecule has 0 bridgehead atoms. The molecule has 1 heteroatoms. The van der Waals surface area contributed by atoms with Crippen LogP contribution < -0.4 is 0 Å². The number of Topliss-reactive ketones (excluding diaryl/α,β-unsaturated/α-hetero) is 1. The minimum Gasteiger partial charge on any atom is -0.300 e. The zero-order valence-electron chi connectivity index (χ0n) is 10.8. The van der Waals surface area contributed by atoms with Crippen molar-refractivity contribution in [1.29, 1.82) is 0 Å². The minimum atomic E-state index is 0.457. The highest BCUT2D eigenvalue weighted by Gasteiger charge is 2.04. The van der Waals surface area contributed by atoms with Gasteiger partial charge in [0.25, 0.3) is 0 Å². The van der Waals surface area contributed by atoms with Crippen LogP contribution in [0.15, 0.2) is 0 Å². The van der Waals surface area contributed by atoms with Gasteiger partial charge in [0.15, 0.2) is 0 Å². The molecule has 0 aromatic rings. The number of hydrogen-bond donors (Lipinski definition) is 0. The van der Waals surface area contributed by atoms with Gasteiger partial charge in [-0.2, -0.15) is 0 Å². The lowest BCUT2D eigenvalue weighted by Crippen LogP contribution is -2.02. The Morgan fingerprint density at radius 3 is 2.00 bits per heavy atom. The number of ketones is 1. The van der Waals surface area contributed by atoms with Crippen LogP contribution >= 0.6 is 0 Å². The third kappa shape index (κ3) is 11.6. The second kappa shape index (κ2) is 10.2. The summed E-state index contributed by atoms with van der Waals surface area (Å²) >= 11 is 0. The molecule has 0 aliphatic carbocycles. The maximum atomic E-state index is 11.4. The van der Waals surface area contributed by atoms with Crippen LogP contribution in [-0.4, -0.2) is 5.78 Å². The molecule has 0 rings (SSSR count). The van der Waals surface area contributed by atoms with Gasteiger partial charge in [-0.05, 0) is 12.3 Å². The monoisotopic (exact) mass is 212 g/mol. The van der Waals surface area contributed by atoms with Gasteiger partial charge >= 0.3 is 0 Å². The van der Waals surface area contributed by atoms with Crippen molar-refractivity contribution in [3.8, 4) is 0 Å². The van der Waals surface area contributed by atoms with Gasteiger partial charge < -0.3 is 0 Å². The van der Waals surface area contributed by atoms with Gasteiger partial charge in [-0.15, -0.1) is 0 Å². The van der Waals surface area contributed by atoms with Gasteiger partial charge in [0.05, 0.1) is 0 Å². The van der Waals surface area contributed by atoms with E-state index in [0.29, 0.717) is 11.7 Å². The lowest BCUT2D eigenvalue weighted by Gasteiger charge is -2.03. The van der Waals surface area contributed by atoms with Crippen molar-refractivity contribution in [2.45, 2.75) is 78.6 Å². The van der Waals surface area contributed by atoms with E-state index in [-0.39, 0.29) is 0 Å². The molecule has 0 atom stereocenters. The number of hydrogen-bond acceptors (Lipinski definition) is 1. The first kappa shape index (κ1) is 14.7. The molecule has 0 aliphatic rings. The molecule has 0 saturated carbocycles. The van der Waals surface area contributed by atoms with Gasteiger partial charge in [0.2, 0.25) is 0 Å². The van der Waals surface area contributed by atoms with Crippen molar-refractivity contribution in [3.05, 3.63) is 0 Å². The lowest BCUT2D eigenvalue weighted by atomic mass is 10.0. The molecule has 0 unspecified atom stereocenters. The molecule has 0 radical (unpaired) electrons. The molecule has 0 spiro atoms. The normalized spacial score (nSPS) is 10.9. The molecule has 0 N–H and O–H groups in total. The standard InChI is InChI=1S/C14H28O/c1-4-5-6-7-8-9-10-11-14(15)12-13(2)3/h13H,4-12H2,1-3H3. The topological polar surface area (TPSA) is 17.1 Å². The first-order chi connectivity index (χ1) is 7.16. The highest BCUT2D eigenvalue weighted by molar-refractivity contribution is 5.78. The van der Waals surface area contributed by atoms with Crippen LogP contribution in [0.1, 0.15) is 78.6 Å². The summed E-state index contributed by atoms with van der Waals surface area (Å²) in [5, 5.41) is 0. The van der Waals surface area contributed by atoms with Crippen molar-refractivity contribution < 1.29 is 4.79 Å². The van der Waals surface area contributed by atoms with Crippen LogP contribution in [0.4, 0.5) is 0 Å². The zero-order valence-corrected chi connectivity index (χ0v) is 10.8. The lowest BCUT2D eigenvalue weighted by molar-refractivity contribution is -0.119. The maximum absolute atomic E-state index is 11.4. The molecule has 0 aliphatic heterocycles. The van der Waals surface area contributed by atoms with Crippen LogP contribution in [-0.2, 0) is 4.79 Å². The van der Waals surface area contributed by atoms with Crippen molar-refractivity contribution in [2.75, 3.05) is 0 Å². The van der Waals surface area contributed by atoms with E-state index in [1.165, 1.54) is 38.5 Å². The summed E-state index contributed by atoms with van der Waals surface area (Å²) in [6, 6.07) is 0. The smallest absolute Gasteiger partial charge is 0.133 e. The molecule has 90 valence electrons. The molecule has 0 fully saturated rings. The average Bonchev–Trinajstić information content (AvgIpc) is 2.15. The summed E-state index contributed by atoms with van der Waals surface area (Å²) in [7, 11) is 0. The van der Waals surface area contributed by atoms with Gasteiger partial charge in [-0.25, -0.2) is 0 Å². The largest absolute Gasteiger partial charge is 0.300 e. The van der Waals surface area contributed by atoms with Crippen LogP contribution in [0.25, 0.3) is 0 Å². The van der Waals surface area contributed by atoms with Gasteiger partial charge in [-0.1, -0.05) is 59.3 Å². The molecule has 1 nitrogen and oxygen atoms in total. The molecule has 0 aromatic heterocycles. The Morgan fingerprint density at radius 1 is 0.933 bits per heavy atom. The number of carbonyl (C=O) groups excluding carboxylic acids is 1. The van der Waals surface area contributed by atoms with E-state index >= 15 is 0 Å². The summed E-state index contributed by atoms with van der Waals surface area (Å²) < 4.78 is 0. The van der Waals surface area contributed by atoms with E-state index in [0.717, 1.165) is 19.3 Å². The molecule has 0 saturated heterocycles. The quantitative estimate of drug-likeness (QED) is 0.478. The second-order valence-corrected chi connectivity index (χ2v) is 5.01. The SMILES string of the molecule is CCCCCCCCCC(=O)CC(C)C. The van der Waals surface area contributed by atoms with Crippen LogP contribution in [0.5, 0.6) is 0 Å². The van der Waals surface area contributed by atoms with E-state index in [1.807, 2.05) is 0 Å². The molecule has 0 amide bonds. The first-order valence-corrected chi connectivity index (χ1v) is 6.68. The first-order valence-electron chi connectivity index (χ1n) is 6.68. The Labute approximate surface area is 95.6 Å². The van der Waals surface area contributed by atoms with Gasteiger partial charge in [0.1, 0.15) is 5.78 Å². The summed E-state index contributed by atoms with van der Waals surface area (Å²) in [5.74, 6) is 0.987. The third-order valence-electron chi connectivity index (χ3n) is 2.70. The average molecular weight is 212 g/mol. The Balaban J connectivity index is 3.13. The van der Waals surface area contributed by atoms with Crippen molar-refractivity contribution in [3.63, 3.8) is 0 Å². The molecular weight excluding hydrogens is 184 g/mol. The molecule has 0 aromatic carbocycles. The summed E-state index contributed by atoms with van der Waals surface area (Å²) in [6.45, 7) is 6.47. The molecule has 0 heterocycles. The van der Waals surface area contributed by atoms with Crippen molar-refractivity contribution in [1.82, 2.24) is 0 Å². The summed E-state index contributed by atoms with van der Waals surface area (Å²) in [6.07, 6.45) is 10.7. The van der Waals surface area contributed by atoms with E-state index in [4.69, 9.17) is 0 Å². The van der Waals surface area contributed by atoms with Gasteiger partial charge in [-0.3, -0.25) is 4.79 Å². The highest BCUT2D eigenvalue weighted by Crippen LogP contribution is 2.10. The summed E-state index contributed by atoms with van der Waals surface area (Å²) in [4.78, 5) is 11.4. The Bertz CT molecular complexity index is 149. The molecular formula is C14H28O. The Morgan fingerprint density at radius 2 is 1.47 bits per heavy atom. The fourth-order valence-electron chi connectivity index (χ4n) is 1.84. The van der Waals surface area contributed by atoms with Crippen molar-refractivity contribution in [2.24, 2.45) is 5.92 Å². The highest BCUT2D eigenvalue weighted by atomic mass is 16.1. The van der Waals surface area contributed by atoms with Crippen molar-refractivity contribution >= 4 is 5.78 Å². The predicted molar refractivity (Wildman–Crippen MR) is 67.1 cm³/mol. The van der Waals surface area contributed by atoms with Crippen LogP contribution in [0.3, 0.4) is 0 Å². The maximum Gasteiger partial charge on any atom is 0.133 e. The van der Waals surface area contributed by atoms with E-state index in [1.54, 1.807) is 0 Å². The second-order valence-electron chi connectivity index (χ2n) is 5.01. The fraction of sp³-hybridized carbons (Fsp3) is 0.929. The summed E-state index contributed by atoms with van der Waals surface area (Å²) in [5.41, 5.74) is 0. The molecule has 15 heavy (non-hydrogen) atoms. The van der Waals surface area contributed by atoms with Crippen LogP contribution in [0.2, 0.25) is 0 Å². The number of carbonyl (C=O) groups is 1. The minimum absolute atomic E-state index is 0.457. The Hall–Kier alpha value is -0.330. The van der Waals surface area contributed by atoms with Gasteiger partial charge in [0, 0.05) is 12.8 Å². The zero-order chi connectivity index (χ0) is 11.5. The fourth-order valence-corrected chi connectivity index (χ4v) is 1.84.